The average molecular weight is 312 g/mol. The lowest BCUT2D eigenvalue weighted by Crippen LogP contribution is -2.51. The number of nitrogens with zero attached hydrogens (tertiary/aromatic N) is 1. The zero-order valence-corrected chi connectivity index (χ0v) is 13.6. The lowest BCUT2D eigenvalue weighted by Gasteiger charge is -2.38. The van der Waals surface area contributed by atoms with E-state index in [4.69, 9.17) is 5.73 Å². The van der Waals surface area contributed by atoms with E-state index in [-0.39, 0.29) is 42.6 Å². The Morgan fingerprint density at radius 2 is 1.86 bits per heavy atom. The van der Waals surface area contributed by atoms with Crippen molar-refractivity contribution in [1.29, 1.82) is 0 Å². The van der Waals surface area contributed by atoms with E-state index in [2.05, 4.69) is 10.6 Å². The van der Waals surface area contributed by atoms with Crippen molar-refractivity contribution >= 4 is 17.7 Å². The molecule has 22 heavy (non-hydrogen) atoms. The Balaban J connectivity index is 2.29. The number of likely N-dealkylation sites (tertiary alicyclic amines) is 1. The topological polar surface area (TPSA) is 105 Å². The van der Waals surface area contributed by atoms with Gasteiger partial charge in [0.15, 0.2) is 0 Å². The number of hydrogen-bond donors (Lipinski definition) is 3. The lowest BCUT2D eigenvalue weighted by atomic mass is 9.96. The lowest BCUT2D eigenvalue weighted by molar-refractivity contribution is -0.137. The molecule has 2 unspecified atom stereocenters. The van der Waals surface area contributed by atoms with Gasteiger partial charge in [-0.1, -0.05) is 0 Å². The maximum absolute atomic E-state index is 12.3. The monoisotopic (exact) mass is 312 g/mol. The van der Waals surface area contributed by atoms with Gasteiger partial charge in [-0.25, -0.2) is 0 Å². The Labute approximate surface area is 132 Å². The second kappa shape index (κ2) is 9.40. The highest BCUT2D eigenvalue weighted by atomic mass is 16.2. The van der Waals surface area contributed by atoms with Crippen LogP contribution >= 0.6 is 0 Å². The summed E-state index contributed by atoms with van der Waals surface area (Å²) in [5.74, 6) is -0.302. The van der Waals surface area contributed by atoms with Crippen LogP contribution in [0.15, 0.2) is 0 Å². The Hall–Kier alpha value is -1.63. The van der Waals surface area contributed by atoms with Gasteiger partial charge in [0.1, 0.15) is 0 Å². The normalized spacial score (nSPS) is 19.4. The first-order valence-electron chi connectivity index (χ1n) is 7.98. The van der Waals surface area contributed by atoms with E-state index in [1.807, 2.05) is 11.8 Å². The van der Waals surface area contributed by atoms with E-state index in [0.29, 0.717) is 13.1 Å². The van der Waals surface area contributed by atoms with E-state index in [0.717, 1.165) is 25.8 Å². The van der Waals surface area contributed by atoms with Gasteiger partial charge in [0.05, 0.1) is 0 Å². The Morgan fingerprint density at radius 1 is 1.18 bits per heavy atom. The molecule has 0 saturated carbocycles. The molecule has 0 aromatic carbocycles. The number of piperidine rings is 1. The van der Waals surface area contributed by atoms with Crippen LogP contribution in [0.25, 0.3) is 0 Å². The summed E-state index contributed by atoms with van der Waals surface area (Å²) >= 11 is 0. The molecule has 2 atom stereocenters. The summed E-state index contributed by atoms with van der Waals surface area (Å²) in [5, 5.41) is 5.27. The third-order valence-electron chi connectivity index (χ3n) is 3.86. The van der Waals surface area contributed by atoms with Gasteiger partial charge in [0.2, 0.25) is 17.7 Å². The number of nitrogens with two attached hydrogens (primary N) is 1. The van der Waals surface area contributed by atoms with E-state index in [9.17, 15) is 14.4 Å². The summed E-state index contributed by atoms with van der Waals surface area (Å²) < 4.78 is 0. The number of hydrogen-bond acceptors (Lipinski definition) is 4. The van der Waals surface area contributed by atoms with Crippen LogP contribution in [0, 0.1) is 0 Å². The molecule has 1 saturated heterocycles. The zero-order valence-electron chi connectivity index (χ0n) is 13.6. The summed E-state index contributed by atoms with van der Waals surface area (Å²) in [6.45, 7) is 4.85. The van der Waals surface area contributed by atoms with Crippen LogP contribution in [0.5, 0.6) is 0 Å². The molecule has 7 nitrogen and oxygen atoms in total. The van der Waals surface area contributed by atoms with Gasteiger partial charge in [-0.3, -0.25) is 14.4 Å². The summed E-state index contributed by atoms with van der Waals surface area (Å²) in [7, 11) is 0. The molecule has 1 aliphatic rings. The van der Waals surface area contributed by atoms with Gasteiger partial charge in [0, 0.05) is 51.5 Å². The van der Waals surface area contributed by atoms with Crippen LogP contribution in [-0.4, -0.2) is 54.3 Å². The van der Waals surface area contributed by atoms with Crippen molar-refractivity contribution in [2.75, 3.05) is 19.6 Å². The summed E-state index contributed by atoms with van der Waals surface area (Å²) in [6.07, 6.45) is 3.40. The van der Waals surface area contributed by atoms with Crippen molar-refractivity contribution in [3.05, 3.63) is 0 Å². The van der Waals surface area contributed by atoms with Crippen LogP contribution in [0.4, 0.5) is 0 Å². The molecule has 0 aromatic heterocycles. The smallest absolute Gasteiger partial charge is 0.223 e. The summed E-state index contributed by atoms with van der Waals surface area (Å²) in [5.41, 5.74) is 5.95. The molecule has 7 heteroatoms. The van der Waals surface area contributed by atoms with Crippen molar-refractivity contribution in [3.8, 4) is 0 Å². The maximum Gasteiger partial charge on any atom is 0.223 e. The van der Waals surface area contributed by atoms with Crippen LogP contribution in [0.3, 0.4) is 0 Å². The molecule has 0 aromatic rings. The number of carbonyl (C=O) groups excluding carboxylic acids is 3. The van der Waals surface area contributed by atoms with Gasteiger partial charge < -0.3 is 21.3 Å². The van der Waals surface area contributed by atoms with Crippen LogP contribution in [-0.2, 0) is 14.4 Å². The van der Waals surface area contributed by atoms with Crippen molar-refractivity contribution in [3.63, 3.8) is 0 Å². The van der Waals surface area contributed by atoms with E-state index in [1.54, 1.807) is 0 Å². The number of amides is 3. The zero-order chi connectivity index (χ0) is 16.5. The van der Waals surface area contributed by atoms with Crippen molar-refractivity contribution in [1.82, 2.24) is 15.5 Å². The molecular formula is C15H28N4O3. The van der Waals surface area contributed by atoms with Gasteiger partial charge in [-0.15, -0.1) is 0 Å². The fraction of sp³-hybridized carbons (Fsp3) is 0.800. The molecule has 0 aliphatic carbocycles. The standard InChI is InChI=1S/C15H28N4O3/c1-11(16)13-5-3-4-10-19(13)15(22)7-6-14(21)18-9-8-17-12(2)20/h11,13H,3-10,16H2,1-2H3,(H,17,20)(H,18,21). The minimum atomic E-state index is -0.173. The fourth-order valence-corrected chi connectivity index (χ4v) is 2.71. The van der Waals surface area contributed by atoms with Gasteiger partial charge in [-0.05, 0) is 26.2 Å². The Bertz CT molecular complexity index is 398. The third-order valence-corrected chi connectivity index (χ3v) is 3.86. The largest absolute Gasteiger partial charge is 0.355 e. The Morgan fingerprint density at radius 3 is 2.50 bits per heavy atom. The molecule has 0 spiro atoms. The second-order valence-corrected chi connectivity index (χ2v) is 5.84. The average Bonchev–Trinajstić information content (AvgIpc) is 2.49. The molecule has 3 amide bonds. The number of rotatable bonds is 7. The minimum absolute atomic E-state index is 0.000916. The molecule has 1 rings (SSSR count). The third kappa shape index (κ3) is 6.43. The summed E-state index contributed by atoms with van der Waals surface area (Å²) in [4.78, 5) is 36.5. The van der Waals surface area contributed by atoms with Crippen molar-refractivity contribution < 1.29 is 14.4 Å². The van der Waals surface area contributed by atoms with E-state index < -0.39 is 0 Å². The van der Waals surface area contributed by atoms with E-state index in [1.165, 1.54) is 6.92 Å². The first-order chi connectivity index (χ1) is 10.4. The fourth-order valence-electron chi connectivity index (χ4n) is 2.71. The molecule has 1 heterocycles. The molecule has 1 fully saturated rings. The van der Waals surface area contributed by atoms with Crippen molar-refractivity contribution in [2.45, 2.75) is 58.0 Å². The first-order valence-corrected chi connectivity index (χ1v) is 7.98. The molecule has 0 bridgehead atoms. The van der Waals surface area contributed by atoms with Crippen LogP contribution in [0.2, 0.25) is 0 Å². The molecular weight excluding hydrogens is 284 g/mol. The SMILES string of the molecule is CC(=O)NCCNC(=O)CCC(=O)N1CCCCC1C(C)N. The molecule has 0 radical (unpaired) electrons. The maximum atomic E-state index is 12.3. The van der Waals surface area contributed by atoms with Crippen molar-refractivity contribution in [2.24, 2.45) is 5.73 Å². The highest BCUT2D eigenvalue weighted by Crippen LogP contribution is 2.20. The predicted octanol–water partition coefficient (Wildman–Crippen LogP) is -0.253. The predicted molar refractivity (Wildman–Crippen MR) is 83.9 cm³/mol. The highest BCUT2D eigenvalue weighted by Gasteiger charge is 2.28. The number of carbonyl (C=O) groups is 3. The van der Waals surface area contributed by atoms with Gasteiger partial charge in [0.25, 0.3) is 0 Å². The quantitative estimate of drug-likeness (QED) is 0.564. The highest BCUT2D eigenvalue weighted by molar-refractivity contribution is 5.84. The summed E-state index contributed by atoms with van der Waals surface area (Å²) in [6, 6.07) is 0.0415. The van der Waals surface area contributed by atoms with Gasteiger partial charge in [-0.2, -0.15) is 0 Å². The van der Waals surface area contributed by atoms with Gasteiger partial charge >= 0.3 is 0 Å². The molecule has 1 aliphatic heterocycles. The Kier molecular flexibility index (Phi) is 7.87. The second-order valence-electron chi connectivity index (χ2n) is 5.84. The van der Waals surface area contributed by atoms with Crippen LogP contribution < -0.4 is 16.4 Å². The molecule has 126 valence electrons. The first kappa shape index (κ1) is 18.4. The number of nitrogens with one attached hydrogen (secondary N) is 2. The van der Waals surface area contributed by atoms with E-state index >= 15 is 0 Å². The molecule has 4 N–H and O–H groups in total. The van der Waals surface area contributed by atoms with Crippen LogP contribution in [0.1, 0.15) is 46.0 Å². The minimum Gasteiger partial charge on any atom is -0.355 e.